The molecule has 2 N–H and O–H groups in total. The number of nitrogens with zero attached hydrogens (tertiary/aromatic N) is 3. The van der Waals surface area contributed by atoms with Crippen LogP contribution in [0.1, 0.15) is 0 Å². The van der Waals surface area contributed by atoms with Gasteiger partial charge in [-0.25, -0.2) is 14.4 Å². The fourth-order valence-electron chi connectivity index (χ4n) is 1.91. The van der Waals surface area contributed by atoms with Crippen LogP contribution in [-0.4, -0.2) is 14.5 Å². The maximum atomic E-state index is 13.6. The van der Waals surface area contributed by atoms with Crippen molar-refractivity contribution in [2.75, 3.05) is 5.73 Å². The number of rotatable bonds is 2. The van der Waals surface area contributed by atoms with Crippen LogP contribution in [0.3, 0.4) is 0 Å². The molecule has 1 aromatic carbocycles. The lowest BCUT2D eigenvalue weighted by Gasteiger charge is -2.08. The standard InChI is InChI=1S/C14H10ClFN4/c15-11-3-2-10(5-12(11)16)20-8-18-7-13(20)9-1-4-14(17)19-6-9/h1-8H,(H2,17,19). The molecular formula is C14H10ClFN4. The molecular weight excluding hydrogens is 279 g/mol. The number of nitrogens with two attached hydrogens (primary N) is 1. The molecule has 0 amide bonds. The molecule has 0 aliphatic heterocycles. The van der Waals surface area contributed by atoms with Crippen molar-refractivity contribution in [1.29, 1.82) is 0 Å². The second kappa shape index (κ2) is 4.94. The smallest absolute Gasteiger partial charge is 0.143 e. The lowest BCUT2D eigenvalue weighted by molar-refractivity contribution is 0.627. The van der Waals surface area contributed by atoms with E-state index in [0.717, 1.165) is 11.3 Å². The molecule has 100 valence electrons. The SMILES string of the molecule is Nc1ccc(-c2cncn2-c2ccc(Cl)c(F)c2)cn1. The van der Waals surface area contributed by atoms with Crippen molar-refractivity contribution in [3.05, 3.63) is 59.9 Å². The predicted molar refractivity (Wildman–Crippen MR) is 76.2 cm³/mol. The third-order valence-corrected chi connectivity index (χ3v) is 3.21. The molecule has 2 aromatic heterocycles. The van der Waals surface area contributed by atoms with E-state index in [1.807, 2.05) is 6.07 Å². The van der Waals surface area contributed by atoms with Gasteiger partial charge in [0.05, 0.1) is 28.9 Å². The van der Waals surface area contributed by atoms with Crippen molar-refractivity contribution in [2.45, 2.75) is 0 Å². The van der Waals surface area contributed by atoms with Crippen LogP contribution in [0.5, 0.6) is 0 Å². The zero-order valence-electron chi connectivity index (χ0n) is 10.3. The van der Waals surface area contributed by atoms with Gasteiger partial charge in [-0.05, 0) is 30.3 Å². The Labute approximate surface area is 119 Å². The minimum absolute atomic E-state index is 0.0876. The Hall–Kier alpha value is -2.40. The van der Waals surface area contributed by atoms with E-state index in [-0.39, 0.29) is 5.02 Å². The highest BCUT2D eigenvalue weighted by Crippen LogP contribution is 2.24. The average molecular weight is 289 g/mol. The van der Waals surface area contributed by atoms with Gasteiger partial charge in [-0.3, -0.25) is 4.57 Å². The van der Waals surface area contributed by atoms with E-state index in [0.29, 0.717) is 11.5 Å². The number of nitrogen functional groups attached to an aromatic ring is 1. The van der Waals surface area contributed by atoms with Crippen molar-refractivity contribution in [1.82, 2.24) is 14.5 Å². The first kappa shape index (κ1) is 12.6. The molecule has 0 radical (unpaired) electrons. The summed E-state index contributed by atoms with van der Waals surface area (Å²) in [5.74, 6) is -0.0309. The molecule has 0 unspecified atom stereocenters. The minimum Gasteiger partial charge on any atom is -0.384 e. The molecule has 0 bridgehead atoms. The summed E-state index contributed by atoms with van der Waals surface area (Å²) in [6, 6.07) is 8.13. The van der Waals surface area contributed by atoms with E-state index in [4.69, 9.17) is 17.3 Å². The summed E-state index contributed by atoms with van der Waals surface area (Å²) in [5.41, 5.74) is 7.83. The fraction of sp³-hybridized carbons (Fsp3) is 0. The van der Waals surface area contributed by atoms with E-state index >= 15 is 0 Å². The highest BCUT2D eigenvalue weighted by atomic mass is 35.5. The molecule has 6 heteroatoms. The van der Waals surface area contributed by atoms with Crippen LogP contribution in [0.2, 0.25) is 5.02 Å². The fourth-order valence-corrected chi connectivity index (χ4v) is 2.02. The third-order valence-electron chi connectivity index (χ3n) is 2.90. The van der Waals surface area contributed by atoms with Gasteiger partial charge in [0, 0.05) is 11.8 Å². The molecule has 0 spiro atoms. The largest absolute Gasteiger partial charge is 0.384 e. The zero-order chi connectivity index (χ0) is 14.1. The predicted octanol–water partition coefficient (Wildman–Crippen LogP) is 3.31. The average Bonchev–Trinajstić information content (AvgIpc) is 2.92. The lowest BCUT2D eigenvalue weighted by atomic mass is 10.2. The van der Waals surface area contributed by atoms with Crippen molar-refractivity contribution >= 4 is 17.4 Å². The molecule has 0 saturated carbocycles. The topological polar surface area (TPSA) is 56.7 Å². The summed E-state index contributed by atoms with van der Waals surface area (Å²) in [6.07, 6.45) is 4.93. The maximum Gasteiger partial charge on any atom is 0.143 e. The summed E-state index contributed by atoms with van der Waals surface area (Å²) in [5, 5.41) is 0.0876. The zero-order valence-corrected chi connectivity index (χ0v) is 11.0. The van der Waals surface area contributed by atoms with Gasteiger partial charge in [0.15, 0.2) is 0 Å². The normalized spacial score (nSPS) is 10.7. The van der Waals surface area contributed by atoms with Crippen molar-refractivity contribution in [3.8, 4) is 16.9 Å². The van der Waals surface area contributed by atoms with E-state index in [1.165, 1.54) is 12.1 Å². The third kappa shape index (κ3) is 2.23. The second-order valence-corrected chi connectivity index (χ2v) is 4.63. The Morgan fingerprint density at radius 1 is 1.15 bits per heavy atom. The van der Waals surface area contributed by atoms with E-state index in [2.05, 4.69) is 9.97 Å². The second-order valence-electron chi connectivity index (χ2n) is 4.22. The number of anilines is 1. The Morgan fingerprint density at radius 2 is 2.00 bits per heavy atom. The van der Waals surface area contributed by atoms with Crippen LogP contribution in [0.25, 0.3) is 16.9 Å². The van der Waals surface area contributed by atoms with Gasteiger partial charge in [-0.1, -0.05) is 11.6 Å². The van der Waals surface area contributed by atoms with Gasteiger partial charge < -0.3 is 5.73 Å². The highest BCUT2D eigenvalue weighted by molar-refractivity contribution is 6.30. The number of imidazole rings is 1. The first-order valence-electron chi connectivity index (χ1n) is 5.85. The highest BCUT2D eigenvalue weighted by Gasteiger charge is 2.09. The van der Waals surface area contributed by atoms with Crippen LogP contribution in [-0.2, 0) is 0 Å². The monoisotopic (exact) mass is 288 g/mol. The Morgan fingerprint density at radius 3 is 2.70 bits per heavy atom. The van der Waals surface area contributed by atoms with Crippen molar-refractivity contribution < 1.29 is 4.39 Å². The van der Waals surface area contributed by atoms with Crippen LogP contribution in [0.15, 0.2) is 49.1 Å². The number of benzene rings is 1. The quantitative estimate of drug-likeness (QED) is 0.787. The molecule has 2 heterocycles. The van der Waals surface area contributed by atoms with Crippen molar-refractivity contribution in [3.63, 3.8) is 0 Å². The summed E-state index contributed by atoms with van der Waals surface area (Å²) in [6.45, 7) is 0. The molecule has 3 rings (SSSR count). The molecule has 0 fully saturated rings. The summed E-state index contributed by atoms with van der Waals surface area (Å²) < 4.78 is 15.3. The van der Waals surface area contributed by atoms with Crippen molar-refractivity contribution in [2.24, 2.45) is 0 Å². The number of aromatic nitrogens is 3. The van der Waals surface area contributed by atoms with Gasteiger partial charge in [0.1, 0.15) is 11.6 Å². The summed E-state index contributed by atoms with van der Waals surface area (Å²) in [4.78, 5) is 8.14. The molecule has 0 atom stereocenters. The molecule has 0 saturated heterocycles. The lowest BCUT2D eigenvalue weighted by Crippen LogP contribution is -1.97. The van der Waals surface area contributed by atoms with Crippen LogP contribution >= 0.6 is 11.6 Å². The Kier molecular flexibility index (Phi) is 3.12. The van der Waals surface area contributed by atoms with Crippen LogP contribution in [0.4, 0.5) is 10.2 Å². The van der Waals surface area contributed by atoms with E-state index < -0.39 is 5.82 Å². The Bertz CT molecular complexity index is 752. The van der Waals surface area contributed by atoms with Gasteiger partial charge in [0.25, 0.3) is 0 Å². The van der Waals surface area contributed by atoms with Gasteiger partial charge in [-0.2, -0.15) is 0 Å². The molecule has 4 nitrogen and oxygen atoms in total. The molecule has 0 aliphatic rings. The van der Waals surface area contributed by atoms with Crippen LogP contribution < -0.4 is 5.73 Å². The number of hydrogen-bond donors (Lipinski definition) is 1. The van der Waals surface area contributed by atoms with E-state index in [1.54, 1.807) is 35.4 Å². The first-order valence-corrected chi connectivity index (χ1v) is 6.22. The first-order chi connectivity index (χ1) is 9.65. The molecule has 3 aromatic rings. The number of halogens is 2. The van der Waals surface area contributed by atoms with Gasteiger partial charge in [0.2, 0.25) is 0 Å². The number of pyridine rings is 1. The molecule has 20 heavy (non-hydrogen) atoms. The maximum absolute atomic E-state index is 13.6. The summed E-state index contributed by atoms with van der Waals surface area (Å²) in [7, 11) is 0. The van der Waals surface area contributed by atoms with Crippen LogP contribution in [0, 0.1) is 5.82 Å². The number of hydrogen-bond acceptors (Lipinski definition) is 3. The van der Waals surface area contributed by atoms with Gasteiger partial charge in [-0.15, -0.1) is 0 Å². The molecule has 0 aliphatic carbocycles. The Balaban J connectivity index is 2.10. The van der Waals surface area contributed by atoms with Gasteiger partial charge >= 0.3 is 0 Å². The summed E-state index contributed by atoms with van der Waals surface area (Å²) >= 11 is 5.69. The van der Waals surface area contributed by atoms with E-state index in [9.17, 15) is 4.39 Å². The minimum atomic E-state index is -0.473.